The number of nitrogens with one attached hydrogen (secondary N) is 3. The van der Waals surface area contributed by atoms with Crippen LogP contribution >= 0.6 is 0 Å². The Bertz CT molecular complexity index is 1350. The number of hydrogen-bond acceptors (Lipinski definition) is 6. The zero-order chi connectivity index (χ0) is 54.5. The Morgan fingerprint density at radius 3 is 1.48 bits per heavy atom. The summed E-state index contributed by atoms with van der Waals surface area (Å²) >= 11 is 0. The predicted molar refractivity (Wildman–Crippen MR) is 300 cm³/mol. The molecule has 4 atom stereocenters. The fraction of sp³-hybridized carbons (Fsp3) is 0.621. The zero-order valence-corrected chi connectivity index (χ0v) is 47.8. The molecular weight excluding hydrogens is 831 g/mol. The van der Waals surface area contributed by atoms with E-state index in [2.05, 4.69) is 87.9 Å². The van der Waals surface area contributed by atoms with Gasteiger partial charge in [-0.1, -0.05) is 243 Å². The Hall–Kier alpha value is -4.50. The summed E-state index contributed by atoms with van der Waals surface area (Å²) in [7, 11) is 1.96. The molecule has 3 rings (SSSR count). The van der Waals surface area contributed by atoms with E-state index in [0.29, 0.717) is 12.1 Å². The Kier molecular flexibility index (Phi) is 68.5. The lowest BCUT2D eigenvalue weighted by molar-refractivity contribution is -0.125. The number of aldehydes is 1. The third-order valence-electron chi connectivity index (χ3n) is 9.05. The normalized spacial score (nSPS) is 13.4. The van der Waals surface area contributed by atoms with Gasteiger partial charge in [0.15, 0.2) is 0 Å². The van der Waals surface area contributed by atoms with Crippen molar-refractivity contribution in [3.63, 3.8) is 0 Å². The van der Waals surface area contributed by atoms with Gasteiger partial charge in [0, 0.05) is 31.5 Å². The smallest absolute Gasteiger partial charge is 0.248 e. The number of carbonyl (C=O) groups is 4. The molecule has 9 heteroatoms. The van der Waals surface area contributed by atoms with E-state index in [9.17, 15) is 19.2 Å². The van der Waals surface area contributed by atoms with Crippen molar-refractivity contribution in [3.05, 3.63) is 110 Å². The molecule has 1 aliphatic rings. The second kappa shape index (κ2) is 57.6. The number of amides is 3. The monoisotopic (exact) mass is 942 g/mol. The maximum absolute atomic E-state index is 12.6. The van der Waals surface area contributed by atoms with Gasteiger partial charge in [0.25, 0.3) is 0 Å². The van der Waals surface area contributed by atoms with E-state index in [0.717, 1.165) is 31.2 Å². The summed E-state index contributed by atoms with van der Waals surface area (Å²) in [5.74, 6) is -0.440. The Balaban J connectivity index is -0.000000123. The van der Waals surface area contributed by atoms with Crippen LogP contribution in [0.4, 0.5) is 0 Å². The van der Waals surface area contributed by atoms with Crippen LogP contribution < -0.4 is 21.7 Å². The topological polar surface area (TPSA) is 134 Å². The van der Waals surface area contributed by atoms with Gasteiger partial charge < -0.3 is 26.5 Å². The molecule has 2 aromatic rings. The molecule has 0 saturated carbocycles. The van der Waals surface area contributed by atoms with Crippen LogP contribution in [-0.4, -0.2) is 67.2 Å². The molecule has 0 aliphatic carbocycles. The lowest BCUT2D eigenvalue weighted by atomic mass is 9.82. The Labute approximate surface area is 417 Å². The highest BCUT2D eigenvalue weighted by Gasteiger charge is 2.39. The van der Waals surface area contributed by atoms with Crippen LogP contribution in [0.5, 0.6) is 0 Å². The van der Waals surface area contributed by atoms with Crippen molar-refractivity contribution >= 4 is 24.0 Å². The second-order valence-corrected chi connectivity index (χ2v) is 15.6. The van der Waals surface area contributed by atoms with Crippen molar-refractivity contribution in [2.24, 2.45) is 16.6 Å². The summed E-state index contributed by atoms with van der Waals surface area (Å²) in [6.07, 6.45) is 10.9. The zero-order valence-electron chi connectivity index (χ0n) is 47.8. The standard InChI is InChI=1S/C23H33N3O2.C9H17NO2.C6H6.C5H12.C3H8.C2H5N.5C2H6/c1-7-18(19-11-9-8-10-12-19)14-24-21(27)16(2)17(3)25-22(28)20-13-23(4,5)15-26(20)6;1-5-9(3,4)8(6-11)10-7(2)12;1-2-4-6-5-3-1;1-3-5-4-2;1-3-2;1-2-3;5*1-2/h7-12,17-18,20H,1-2,13-15H2,3-6H3,(H,24,27)(H,25,28);6,8H,5H2,1-4H3,(H,10,12);1-6H;3-5H2,1-2H3;3H2,1-2H3;2H,1,3H2;5*1-2H3. The Morgan fingerprint density at radius 1 is 0.806 bits per heavy atom. The molecule has 1 saturated heterocycles. The fourth-order valence-corrected chi connectivity index (χ4v) is 5.36. The number of benzene rings is 2. The first-order valence-electron chi connectivity index (χ1n) is 25.5. The first kappa shape index (κ1) is 79.6. The average molecular weight is 943 g/mol. The number of likely N-dealkylation sites (tertiary alicyclic amines) is 1. The molecule has 5 N–H and O–H groups in total. The van der Waals surface area contributed by atoms with Crippen LogP contribution in [0.25, 0.3) is 0 Å². The maximum Gasteiger partial charge on any atom is 0.248 e. The van der Waals surface area contributed by atoms with Crippen molar-refractivity contribution in [1.82, 2.24) is 20.9 Å². The number of nitrogens with two attached hydrogens (primary N) is 1. The molecule has 0 radical (unpaired) electrons. The van der Waals surface area contributed by atoms with Gasteiger partial charge in [0.2, 0.25) is 17.7 Å². The van der Waals surface area contributed by atoms with Gasteiger partial charge in [-0.2, -0.15) is 0 Å². The van der Waals surface area contributed by atoms with Crippen LogP contribution in [-0.2, 0) is 19.2 Å². The first-order valence-corrected chi connectivity index (χ1v) is 25.5. The summed E-state index contributed by atoms with van der Waals surface area (Å²) in [5, 5.41) is 8.46. The van der Waals surface area contributed by atoms with Gasteiger partial charge >= 0.3 is 0 Å². The highest BCUT2D eigenvalue weighted by atomic mass is 16.2. The van der Waals surface area contributed by atoms with Crippen LogP contribution in [0.1, 0.15) is 195 Å². The minimum Gasteiger partial charge on any atom is -0.405 e. The SMILES string of the molecule is C=CC(CNC(=O)C(=C)C(C)NC(=O)C1CC(C)(C)CN1C)c1ccccc1.C=CN.CC.CC.CC.CC.CC.CCC.CCC(C)(C)C(C=O)NC(C)=O.CCCCC.c1ccccc1. The number of nitrogens with zero attached hydrogens (tertiary/aromatic N) is 1. The van der Waals surface area contributed by atoms with E-state index in [1.165, 1.54) is 38.8 Å². The number of carbonyl (C=O) groups excluding carboxylic acids is 4. The van der Waals surface area contributed by atoms with E-state index in [1.807, 2.05) is 170 Å². The van der Waals surface area contributed by atoms with Crippen molar-refractivity contribution in [2.45, 2.75) is 208 Å². The molecule has 0 aromatic heterocycles. The average Bonchev–Trinajstić information content (AvgIpc) is 3.64. The van der Waals surface area contributed by atoms with E-state index >= 15 is 0 Å². The van der Waals surface area contributed by atoms with Crippen LogP contribution in [0.3, 0.4) is 0 Å². The molecule has 2 aromatic carbocycles. The third-order valence-corrected chi connectivity index (χ3v) is 9.05. The third kappa shape index (κ3) is 47.8. The lowest BCUT2D eigenvalue weighted by Crippen LogP contribution is -2.47. The molecule has 1 heterocycles. The van der Waals surface area contributed by atoms with Crippen LogP contribution in [0.2, 0.25) is 0 Å². The van der Waals surface area contributed by atoms with Crippen molar-refractivity contribution in [1.29, 1.82) is 0 Å². The van der Waals surface area contributed by atoms with E-state index < -0.39 is 6.04 Å². The largest absolute Gasteiger partial charge is 0.405 e. The van der Waals surface area contributed by atoms with Crippen molar-refractivity contribution in [3.8, 4) is 0 Å². The second-order valence-electron chi connectivity index (χ2n) is 15.6. The summed E-state index contributed by atoms with van der Waals surface area (Å²) in [6, 6.07) is 20.9. The van der Waals surface area contributed by atoms with Crippen molar-refractivity contribution < 1.29 is 19.2 Å². The highest BCUT2D eigenvalue weighted by molar-refractivity contribution is 5.95. The summed E-state index contributed by atoms with van der Waals surface area (Å²) in [4.78, 5) is 48.5. The number of hydrogen-bond donors (Lipinski definition) is 4. The summed E-state index contributed by atoms with van der Waals surface area (Å²) in [6.45, 7) is 54.3. The Morgan fingerprint density at radius 2 is 1.19 bits per heavy atom. The van der Waals surface area contributed by atoms with E-state index in [4.69, 9.17) is 0 Å². The van der Waals surface area contributed by atoms with E-state index in [1.54, 1.807) is 6.92 Å². The molecule has 67 heavy (non-hydrogen) atoms. The molecule has 1 aliphatic heterocycles. The highest BCUT2D eigenvalue weighted by Crippen LogP contribution is 2.33. The number of rotatable bonds is 14. The first-order chi connectivity index (χ1) is 31.8. The molecule has 392 valence electrons. The minimum atomic E-state index is -0.427. The number of likely N-dealkylation sites (N-methyl/N-ethyl adjacent to an activating group) is 1. The molecule has 9 nitrogen and oxygen atoms in total. The molecule has 0 spiro atoms. The van der Waals surface area contributed by atoms with Crippen LogP contribution in [0, 0.1) is 10.8 Å². The van der Waals surface area contributed by atoms with Gasteiger partial charge in [-0.25, -0.2) is 0 Å². The molecule has 3 amide bonds. The quantitative estimate of drug-likeness (QED) is 0.0847. The molecule has 0 bridgehead atoms. The van der Waals surface area contributed by atoms with Gasteiger partial charge in [-0.05, 0) is 49.4 Å². The van der Waals surface area contributed by atoms with Gasteiger partial charge in [-0.3, -0.25) is 19.3 Å². The van der Waals surface area contributed by atoms with Crippen molar-refractivity contribution in [2.75, 3.05) is 20.1 Å². The lowest BCUT2D eigenvalue weighted by Gasteiger charge is -2.29. The number of unbranched alkanes of at least 4 members (excludes halogenated alkanes) is 2. The minimum absolute atomic E-state index is 0.0252. The predicted octanol–water partition coefficient (Wildman–Crippen LogP) is 14.5. The van der Waals surface area contributed by atoms with Gasteiger partial charge in [-0.15, -0.1) is 6.58 Å². The van der Waals surface area contributed by atoms with Crippen LogP contribution in [0.15, 0.2) is 104 Å². The molecular formula is C58H111N5O4. The molecule has 1 fully saturated rings. The van der Waals surface area contributed by atoms with E-state index in [-0.39, 0.29) is 46.6 Å². The fourth-order valence-electron chi connectivity index (χ4n) is 5.36. The van der Waals surface area contributed by atoms with Gasteiger partial charge in [0.1, 0.15) is 6.29 Å². The van der Waals surface area contributed by atoms with Gasteiger partial charge in [0.05, 0.1) is 18.1 Å². The maximum atomic E-state index is 12.6. The molecule has 4 unspecified atom stereocenters. The summed E-state index contributed by atoms with van der Waals surface area (Å²) < 4.78 is 0. The summed E-state index contributed by atoms with van der Waals surface area (Å²) in [5.41, 5.74) is 6.01.